The summed E-state index contributed by atoms with van der Waals surface area (Å²) in [6, 6.07) is 9.15. The lowest BCUT2D eigenvalue weighted by atomic mass is 9.95. The van der Waals surface area contributed by atoms with Gasteiger partial charge in [0, 0.05) is 13.6 Å². The van der Waals surface area contributed by atoms with Crippen molar-refractivity contribution in [1.29, 1.82) is 0 Å². The van der Waals surface area contributed by atoms with Crippen molar-refractivity contribution in [2.24, 2.45) is 11.8 Å². The molecule has 1 heterocycles. The average Bonchev–Trinajstić information content (AvgIpc) is 3.24. The number of hydrogen-bond donors (Lipinski definition) is 2. The summed E-state index contributed by atoms with van der Waals surface area (Å²) in [5, 5.41) is 5.61. The van der Waals surface area contributed by atoms with Crippen molar-refractivity contribution in [3.63, 3.8) is 0 Å². The third-order valence-corrected chi connectivity index (χ3v) is 5.70. The van der Waals surface area contributed by atoms with Gasteiger partial charge in [-0.25, -0.2) is 4.79 Å². The van der Waals surface area contributed by atoms with Gasteiger partial charge in [0.25, 0.3) is 0 Å². The highest BCUT2D eigenvalue weighted by Crippen LogP contribution is 2.23. The fraction of sp³-hybridized carbons (Fsp3) is 0.593. The molecule has 3 atom stereocenters. The van der Waals surface area contributed by atoms with E-state index in [0.717, 1.165) is 12.0 Å². The second kappa shape index (κ2) is 12.6. The van der Waals surface area contributed by atoms with Crippen molar-refractivity contribution in [2.75, 3.05) is 13.6 Å². The molecule has 0 radical (unpaired) electrons. The largest absolute Gasteiger partial charge is 0.444 e. The van der Waals surface area contributed by atoms with Crippen LogP contribution in [-0.4, -0.2) is 54.1 Å². The fourth-order valence-electron chi connectivity index (χ4n) is 4.21. The Morgan fingerprint density at radius 2 is 1.82 bits per heavy atom. The summed E-state index contributed by atoms with van der Waals surface area (Å²) < 4.78 is 5.43. The molecule has 0 bridgehead atoms. The van der Waals surface area contributed by atoms with Crippen molar-refractivity contribution in [3.8, 4) is 0 Å². The number of carbonyl (C=O) groups excluding carboxylic acids is 3. The number of nitrogens with zero attached hydrogens (tertiary/aromatic N) is 1. The summed E-state index contributed by atoms with van der Waals surface area (Å²) >= 11 is 0. The van der Waals surface area contributed by atoms with Crippen molar-refractivity contribution in [3.05, 3.63) is 48.0 Å². The predicted octanol–water partition coefficient (Wildman–Crippen LogP) is 4.08. The van der Waals surface area contributed by atoms with Gasteiger partial charge in [0.05, 0.1) is 12.0 Å². The fourth-order valence-corrected chi connectivity index (χ4v) is 4.21. The number of likely N-dealkylation sites (tertiary alicyclic amines) is 1. The van der Waals surface area contributed by atoms with Crippen LogP contribution in [-0.2, 0) is 20.7 Å². The van der Waals surface area contributed by atoms with Gasteiger partial charge in [-0.15, -0.1) is 0 Å². The van der Waals surface area contributed by atoms with Crippen molar-refractivity contribution >= 4 is 17.9 Å². The maximum Gasteiger partial charge on any atom is 0.408 e. The molecule has 7 nitrogen and oxygen atoms in total. The van der Waals surface area contributed by atoms with E-state index in [-0.39, 0.29) is 17.9 Å². The van der Waals surface area contributed by atoms with Gasteiger partial charge in [0.1, 0.15) is 11.6 Å². The first-order valence-corrected chi connectivity index (χ1v) is 12.2. The van der Waals surface area contributed by atoms with E-state index in [9.17, 15) is 14.4 Å². The molecule has 0 aromatic heterocycles. The van der Waals surface area contributed by atoms with Crippen LogP contribution >= 0.6 is 0 Å². The number of hydrogen-bond acceptors (Lipinski definition) is 4. The maximum atomic E-state index is 13.6. The molecule has 188 valence electrons. The van der Waals surface area contributed by atoms with Gasteiger partial charge < -0.3 is 20.3 Å². The van der Waals surface area contributed by atoms with E-state index >= 15 is 0 Å². The standard InChI is InChI=1S/C27H41N3O4/c1-19(2)17-22(29-26(33)34-27(3,4)5)15-14-21(18-20-11-8-7-9-12-20)25(32)30-16-10-13-23(30)24(31)28-6/h7-9,11-12,14-15,19,21-23H,10,13,16-18H2,1-6H3,(H,28,31)(H,29,33)/b15-14+/t21?,22-,23-/m1/s1. The quantitative estimate of drug-likeness (QED) is 0.531. The molecule has 0 aliphatic carbocycles. The van der Waals surface area contributed by atoms with Crippen LogP contribution in [0.1, 0.15) is 59.4 Å². The Balaban J connectivity index is 2.26. The Labute approximate surface area is 204 Å². The molecule has 1 aliphatic heterocycles. The van der Waals surface area contributed by atoms with Gasteiger partial charge >= 0.3 is 6.09 Å². The average molecular weight is 472 g/mol. The summed E-state index contributed by atoms with van der Waals surface area (Å²) in [5.41, 5.74) is 0.453. The third-order valence-electron chi connectivity index (χ3n) is 5.70. The zero-order valence-electron chi connectivity index (χ0n) is 21.5. The molecule has 34 heavy (non-hydrogen) atoms. The number of carbonyl (C=O) groups is 3. The minimum Gasteiger partial charge on any atom is -0.444 e. The van der Waals surface area contributed by atoms with Crippen LogP contribution in [0.25, 0.3) is 0 Å². The predicted molar refractivity (Wildman–Crippen MR) is 134 cm³/mol. The second-order valence-electron chi connectivity index (χ2n) is 10.4. The number of nitrogens with one attached hydrogen (secondary N) is 2. The third kappa shape index (κ3) is 8.84. The number of amides is 3. The van der Waals surface area contributed by atoms with Crippen LogP contribution in [0.4, 0.5) is 4.79 Å². The summed E-state index contributed by atoms with van der Waals surface area (Å²) in [6.07, 6.45) is 6.03. The SMILES string of the molecule is CNC(=O)[C@H]1CCCN1C(=O)C(/C=C/[C@H](CC(C)C)NC(=O)OC(C)(C)C)Cc1ccccc1. The molecular weight excluding hydrogens is 430 g/mol. The molecule has 1 aliphatic rings. The molecule has 3 amide bonds. The summed E-state index contributed by atoms with van der Waals surface area (Å²) in [5.74, 6) is -0.295. The number of ether oxygens (including phenoxy) is 1. The smallest absolute Gasteiger partial charge is 0.408 e. The van der Waals surface area contributed by atoms with E-state index in [4.69, 9.17) is 4.74 Å². The number of alkyl carbamates (subject to hydrolysis) is 1. The van der Waals surface area contributed by atoms with Gasteiger partial charge in [-0.3, -0.25) is 9.59 Å². The lowest BCUT2D eigenvalue weighted by Gasteiger charge is -2.27. The van der Waals surface area contributed by atoms with Crippen molar-refractivity contribution < 1.29 is 19.1 Å². The van der Waals surface area contributed by atoms with E-state index in [1.54, 1.807) is 11.9 Å². The summed E-state index contributed by atoms with van der Waals surface area (Å²) in [7, 11) is 1.60. The topological polar surface area (TPSA) is 87.7 Å². The van der Waals surface area contributed by atoms with Gasteiger partial charge in [-0.05, 0) is 57.9 Å². The van der Waals surface area contributed by atoms with Crippen molar-refractivity contribution in [1.82, 2.24) is 15.5 Å². The Morgan fingerprint density at radius 1 is 1.15 bits per heavy atom. The molecule has 0 saturated carbocycles. The lowest BCUT2D eigenvalue weighted by Crippen LogP contribution is -2.47. The second-order valence-corrected chi connectivity index (χ2v) is 10.4. The van der Waals surface area contributed by atoms with Gasteiger partial charge in [0.2, 0.25) is 11.8 Å². The Morgan fingerprint density at radius 3 is 2.41 bits per heavy atom. The molecule has 1 aromatic rings. The molecule has 1 saturated heterocycles. The lowest BCUT2D eigenvalue weighted by molar-refractivity contribution is -0.140. The molecule has 7 heteroatoms. The summed E-state index contributed by atoms with van der Waals surface area (Å²) in [6.45, 7) is 10.2. The van der Waals surface area contributed by atoms with E-state index in [1.165, 1.54) is 0 Å². The van der Waals surface area contributed by atoms with E-state index in [1.807, 2.05) is 63.3 Å². The molecule has 1 fully saturated rings. The molecule has 0 spiro atoms. The zero-order chi connectivity index (χ0) is 25.3. The maximum absolute atomic E-state index is 13.6. The van der Waals surface area contributed by atoms with Crippen LogP contribution in [0.15, 0.2) is 42.5 Å². The highest BCUT2D eigenvalue weighted by molar-refractivity contribution is 5.89. The molecule has 2 rings (SSSR count). The van der Waals surface area contributed by atoms with Gasteiger partial charge in [-0.1, -0.05) is 56.3 Å². The number of rotatable bonds is 9. The summed E-state index contributed by atoms with van der Waals surface area (Å²) in [4.78, 5) is 40.1. The first-order valence-electron chi connectivity index (χ1n) is 12.2. The Bertz CT molecular complexity index is 845. The molecule has 1 aromatic carbocycles. The van der Waals surface area contributed by atoms with E-state index in [0.29, 0.717) is 31.7 Å². The minimum absolute atomic E-state index is 0.0632. The first-order chi connectivity index (χ1) is 16.0. The monoisotopic (exact) mass is 471 g/mol. The first kappa shape index (κ1) is 27.4. The highest BCUT2D eigenvalue weighted by Gasteiger charge is 2.36. The number of likely N-dealkylation sites (N-methyl/N-ethyl adjacent to an activating group) is 1. The highest BCUT2D eigenvalue weighted by atomic mass is 16.6. The van der Waals surface area contributed by atoms with Crippen molar-refractivity contribution in [2.45, 2.75) is 78.0 Å². The van der Waals surface area contributed by atoms with E-state index in [2.05, 4.69) is 24.5 Å². The van der Waals surface area contributed by atoms with E-state index < -0.39 is 23.7 Å². The van der Waals surface area contributed by atoms with Crippen LogP contribution in [0, 0.1) is 11.8 Å². The normalized spacial score (nSPS) is 18.1. The van der Waals surface area contributed by atoms with Crippen LogP contribution in [0.5, 0.6) is 0 Å². The number of benzene rings is 1. The zero-order valence-corrected chi connectivity index (χ0v) is 21.5. The molecular formula is C27H41N3O4. The van der Waals surface area contributed by atoms with Gasteiger partial charge in [0.15, 0.2) is 0 Å². The van der Waals surface area contributed by atoms with Crippen LogP contribution in [0.3, 0.4) is 0 Å². The Hall–Kier alpha value is -2.83. The Kier molecular flexibility index (Phi) is 10.1. The molecule has 1 unspecified atom stereocenters. The van der Waals surface area contributed by atoms with Crippen LogP contribution < -0.4 is 10.6 Å². The van der Waals surface area contributed by atoms with Crippen LogP contribution in [0.2, 0.25) is 0 Å². The van der Waals surface area contributed by atoms with Gasteiger partial charge in [-0.2, -0.15) is 0 Å². The molecule has 2 N–H and O–H groups in total. The minimum atomic E-state index is -0.591.